The fourth-order valence-corrected chi connectivity index (χ4v) is 3.55. The van der Waals surface area contributed by atoms with Crippen molar-refractivity contribution in [1.29, 1.82) is 0 Å². The molecule has 8 heteroatoms. The van der Waals surface area contributed by atoms with Crippen LogP contribution in [0.5, 0.6) is 0 Å². The van der Waals surface area contributed by atoms with E-state index in [1.54, 1.807) is 18.2 Å². The molecular formula is C21H21N3O4S. The van der Waals surface area contributed by atoms with Gasteiger partial charge in [-0.15, -0.1) is 0 Å². The number of aromatic nitrogens is 1. The van der Waals surface area contributed by atoms with Gasteiger partial charge in [-0.3, -0.25) is 19.4 Å². The topological polar surface area (TPSA) is 71.8 Å². The molecule has 3 rings (SSSR count). The van der Waals surface area contributed by atoms with Crippen molar-refractivity contribution in [1.82, 2.24) is 14.4 Å². The van der Waals surface area contributed by atoms with Gasteiger partial charge in [0.2, 0.25) is 0 Å². The smallest absolute Gasteiger partial charge is 0.339 e. The summed E-state index contributed by atoms with van der Waals surface area (Å²) in [6, 6.07) is 8.97. The van der Waals surface area contributed by atoms with Gasteiger partial charge in [-0.2, -0.15) is 0 Å². The molecule has 29 heavy (non-hydrogen) atoms. The summed E-state index contributed by atoms with van der Waals surface area (Å²) in [5, 5.41) is 0.162. The van der Waals surface area contributed by atoms with Crippen LogP contribution in [-0.2, 0) is 14.3 Å². The zero-order valence-corrected chi connectivity index (χ0v) is 17.7. The molecule has 1 aromatic heterocycles. The molecule has 2 aromatic rings. The predicted octanol–water partition coefficient (Wildman–Crippen LogP) is 2.48. The number of hydrogen-bond acceptors (Lipinski definition) is 5. The van der Waals surface area contributed by atoms with Gasteiger partial charge in [-0.25, -0.2) is 4.79 Å². The average Bonchev–Trinajstić information content (AvgIpc) is 3.00. The Labute approximate surface area is 174 Å². The maximum absolute atomic E-state index is 12.6. The maximum atomic E-state index is 12.6. The van der Waals surface area contributed by atoms with Crippen LogP contribution in [0.2, 0.25) is 0 Å². The summed E-state index contributed by atoms with van der Waals surface area (Å²) >= 11 is 5.12. The van der Waals surface area contributed by atoms with Crippen molar-refractivity contribution in [2.45, 2.75) is 13.8 Å². The molecule has 1 fully saturated rings. The highest BCUT2D eigenvalue weighted by Gasteiger charge is 2.35. The van der Waals surface area contributed by atoms with Crippen LogP contribution >= 0.6 is 12.2 Å². The SMILES string of the molecule is COC(=O)c1ccccc1-n1c(C)cc(C=C2C(=O)N(C)C(=S)N(C)C2=O)c1C. The van der Waals surface area contributed by atoms with Crippen LogP contribution in [0, 0.1) is 13.8 Å². The number of likely N-dealkylation sites (N-methyl/N-ethyl adjacent to an activating group) is 2. The monoisotopic (exact) mass is 411 g/mol. The Kier molecular flexibility index (Phi) is 5.39. The van der Waals surface area contributed by atoms with E-state index >= 15 is 0 Å². The second-order valence-electron chi connectivity index (χ2n) is 6.74. The second kappa shape index (κ2) is 7.63. The number of benzene rings is 1. The van der Waals surface area contributed by atoms with E-state index in [1.165, 1.54) is 31.0 Å². The Morgan fingerprint density at radius 3 is 2.24 bits per heavy atom. The van der Waals surface area contributed by atoms with E-state index in [0.29, 0.717) is 16.8 Å². The minimum atomic E-state index is -0.446. The Morgan fingerprint density at radius 1 is 1.07 bits per heavy atom. The zero-order chi connectivity index (χ0) is 21.5. The van der Waals surface area contributed by atoms with Gasteiger partial charge in [0.25, 0.3) is 11.8 Å². The number of rotatable bonds is 3. The summed E-state index contributed by atoms with van der Waals surface area (Å²) < 4.78 is 6.79. The van der Waals surface area contributed by atoms with Crippen molar-refractivity contribution >= 4 is 41.2 Å². The van der Waals surface area contributed by atoms with E-state index in [2.05, 4.69) is 0 Å². The first-order chi connectivity index (χ1) is 13.7. The van der Waals surface area contributed by atoms with Crippen molar-refractivity contribution in [3.05, 3.63) is 58.4 Å². The molecule has 0 unspecified atom stereocenters. The number of thiocarbonyl (C=S) groups is 1. The van der Waals surface area contributed by atoms with Crippen LogP contribution in [0.1, 0.15) is 27.3 Å². The van der Waals surface area contributed by atoms with E-state index in [0.717, 1.165) is 11.4 Å². The van der Waals surface area contributed by atoms with Crippen molar-refractivity contribution < 1.29 is 19.1 Å². The average molecular weight is 411 g/mol. The number of para-hydroxylation sites is 1. The molecule has 1 aliphatic heterocycles. The van der Waals surface area contributed by atoms with E-state index in [1.807, 2.05) is 36.6 Å². The fourth-order valence-electron chi connectivity index (χ4n) is 3.39. The highest BCUT2D eigenvalue weighted by molar-refractivity contribution is 7.80. The molecule has 0 radical (unpaired) electrons. The quantitative estimate of drug-likeness (QED) is 0.336. The summed E-state index contributed by atoms with van der Waals surface area (Å²) in [6.07, 6.45) is 1.57. The second-order valence-corrected chi connectivity index (χ2v) is 7.10. The molecule has 1 saturated heterocycles. The maximum Gasteiger partial charge on any atom is 0.339 e. The van der Waals surface area contributed by atoms with Gasteiger partial charge in [0.15, 0.2) is 5.11 Å². The molecule has 1 aliphatic rings. The van der Waals surface area contributed by atoms with Gasteiger partial charge in [0, 0.05) is 25.5 Å². The van der Waals surface area contributed by atoms with Crippen molar-refractivity contribution in [2.75, 3.05) is 21.2 Å². The number of nitrogens with zero attached hydrogens (tertiary/aromatic N) is 3. The van der Waals surface area contributed by atoms with Gasteiger partial charge in [-0.05, 0) is 55.9 Å². The highest BCUT2D eigenvalue weighted by atomic mass is 32.1. The molecular weight excluding hydrogens is 390 g/mol. The first-order valence-corrected chi connectivity index (χ1v) is 9.28. The third-order valence-corrected chi connectivity index (χ3v) is 5.51. The Hall–Kier alpha value is -3.26. The predicted molar refractivity (Wildman–Crippen MR) is 113 cm³/mol. The number of carbonyl (C=O) groups is 3. The molecule has 0 N–H and O–H groups in total. The van der Waals surface area contributed by atoms with Gasteiger partial charge in [-0.1, -0.05) is 12.1 Å². The van der Waals surface area contributed by atoms with Gasteiger partial charge >= 0.3 is 5.97 Å². The van der Waals surface area contributed by atoms with Crippen LogP contribution in [-0.4, -0.2) is 58.5 Å². The molecule has 1 aromatic carbocycles. The van der Waals surface area contributed by atoms with E-state index in [4.69, 9.17) is 17.0 Å². The fraction of sp³-hybridized carbons (Fsp3) is 0.238. The first-order valence-electron chi connectivity index (χ1n) is 8.87. The number of amides is 2. The van der Waals surface area contributed by atoms with Crippen LogP contribution in [0.15, 0.2) is 35.9 Å². The molecule has 150 valence electrons. The third-order valence-electron chi connectivity index (χ3n) is 4.96. The Morgan fingerprint density at radius 2 is 1.66 bits per heavy atom. The lowest BCUT2D eigenvalue weighted by molar-refractivity contribution is -0.132. The summed E-state index contributed by atoms with van der Waals surface area (Å²) in [7, 11) is 4.41. The molecule has 7 nitrogen and oxygen atoms in total. The normalized spacial score (nSPS) is 14.5. The van der Waals surface area contributed by atoms with Crippen molar-refractivity contribution in [3.8, 4) is 5.69 Å². The minimum absolute atomic E-state index is 0.0325. The number of aryl methyl sites for hydroxylation is 1. The lowest BCUT2D eigenvalue weighted by Crippen LogP contribution is -2.52. The molecule has 0 saturated carbocycles. The third kappa shape index (κ3) is 3.36. The molecule has 0 aliphatic carbocycles. The summed E-state index contributed by atoms with van der Waals surface area (Å²) in [5.74, 6) is -1.34. The summed E-state index contributed by atoms with van der Waals surface area (Å²) in [4.78, 5) is 39.9. The number of methoxy groups -OCH3 is 1. The van der Waals surface area contributed by atoms with Gasteiger partial charge in [0.1, 0.15) is 5.57 Å². The number of esters is 1. The van der Waals surface area contributed by atoms with Gasteiger partial charge in [0.05, 0.1) is 18.4 Å². The van der Waals surface area contributed by atoms with E-state index in [-0.39, 0.29) is 10.7 Å². The number of ether oxygens (including phenoxy) is 1. The van der Waals surface area contributed by atoms with Crippen LogP contribution in [0.4, 0.5) is 0 Å². The van der Waals surface area contributed by atoms with Crippen molar-refractivity contribution in [2.24, 2.45) is 0 Å². The Bertz CT molecular complexity index is 1060. The summed E-state index contributed by atoms with van der Waals surface area (Å²) in [5.41, 5.74) is 3.45. The molecule has 2 heterocycles. The van der Waals surface area contributed by atoms with Crippen molar-refractivity contribution in [3.63, 3.8) is 0 Å². The lowest BCUT2D eigenvalue weighted by atomic mass is 10.1. The minimum Gasteiger partial charge on any atom is -0.465 e. The standard InChI is InChI=1S/C21H21N3O4S/c1-12-10-14(11-16-18(25)22(3)21(29)23(4)19(16)26)13(2)24(12)17-9-7-6-8-15(17)20(27)28-5/h6-11H,1-5H3. The highest BCUT2D eigenvalue weighted by Crippen LogP contribution is 2.27. The molecule has 0 bridgehead atoms. The first kappa shape index (κ1) is 20.5. The molecule has 0 spiro atoms. The zero-order valence-electron chi connectivity index (χ0n) is 16.8. The number of carbonyl (C=O) groups excluding carboxylic acids is 3. The van der Waals surface area contributed by atoms with E-state index in [9.17, 15) is 14.4 Å². The summed E-state index contributed by atoms with van der Waals surface area (Å²) in [6.45, 7) is 3.75. The largest absolute Gasteiger partial charge is 0.465 e. The van der Waals surface area contributed by atoms with Crippen LogP contribution in [0.3, 0.4) is 0 Å². The van der Waals surface area contributed by atoms with E-state index < -0.39 is 17.8 Å². The number of hydrogen-bond donors (Lipinski definition) is 0. The van der Waals surface area contributed by atoms with Gasteiger partial charge < -0.3 is 9.30 Å². The van der Waals surface area contributed by atoms with Crippen LogP contribution < -0.4 is 0 Å². The molecule has 0 atom stereocenters. The van der Waals surface area contributed by atoms with Crippen LogP contribution in [0.25, 0.3) is 11.8 Å². The Balaban J connectivity index is 2.14. The molecule has 2 amide bonds. The lowest BCUT2D eigenvalue weighted by Gasteiger charge is -2.31.